The summed E-state index contributed by atoms with van der Waals surface area (Å²) in [6, 6.07) is 13.6. The van der Waals surface area contributed by atoms with Gasteiger partial charge in [-0.2, -0.15) is 0 Å². The van der Waals surface area contributed by atoms with Crippen molar-refractivity contribution in [3.63, 3.8) is 0 Å². The Bertz CT molecular complexity index is 832. The summed E-state index contributed by atoms with van der Waals surface area (Å²) in [6.45, 7) is 0. The molecule has 1 N–H and O–H groups in total. The molecule has 0 spiro atoms. The number of rotatable bonds is 4. The monoisotopic (exact) mass is 384 g/mol. The van der Waals surface area contributed by atoms with Crippen LogP contribution in [0.25, 0.3) is 0 Å². The average Bonchev–Trinajstić information content (AvgIpc) is 3.33. The summed E-state index contributed by atoms with van der Waals surface area (Å²) in [4.78, 5) is 26.3. The van der Waals surface area contributed by atoms with Crippen molar-refractivity contribution in [2.24, 2.45) is 5.92 Å². The molecule has 2 aromatic carbocycles. The summed E-state index contributed by atoms with van der Waals surface area (Å²) < 4.78 is 13.2. The Morgan fingerprint density at radius 3 is 2.37 bits per heavy atom. The summed E-state index contributed by atoms with van der Waals surface area (Å²) in [5.41, 5.74) is 2.45. The van der Waals surface area contributed by atoms with Crippen LogP contribution >= 0.6 is 11.8 Å². The van der Waals surface area contributed by atoms with Crippen LogP contribution < -0.4 is 10.2 Å². The number of hydrogen-bond donors (Lipinski definition) is 1. The predicted molar refractivity (Wildman–Crippen MR) is 106 cm³/mol. The molecule has 1 unspecified atom stereocenters. The molecule has 1 heterocycles. The summed E-state index contributed by atoms with van der Waals surface area (Å²) in [6.07, 6.45) is 4.20. The fraction of sp³-hybridized carbons (Fsp3) is 0.333. The van der Waals surface area contributed by atoms with E-state index in [1.165, 1.54) is 12.1 Å². The molecule has 2 aromatic rings. The molecule has 0 bridgehead atoms. The number of thioether (sulfide) groups is 1. The quantitative estimate of drug-likeness (QED) is 0.829. The van der Waals surface area contributed by atoms with Gasteiger partial charge in [-0.05, 0) is 54.8 Å². The van der Waals surface area contributed by atoms with Crippen LogP contribution in [0.4, 0.5) is 15.8 Å². The molecular formula is C21H21FN2O2S. The van der Waals surface area contributed by atoms with E-state index < -0.39 is 0 Å². The Kier molecular flexibility index (Phi) is 5.16. The standard InChI is InChI=1S/C21H21FN2O2S/c22-16-7-11-18(12-8-16)24-19(25)13-27-21(24)15-5-9-17(10-6-15)23-20(26)14-3-1-2-4-14/h5-12,14,21H,1-4,13H2,(H,23,26). The lowest BCUT2D eigenvalue weighted by atomic mass is 10.1. The van der Waals surface area contributed by atoms with E-state index in [9.17, 15) is 14.0 Å². The van der Waals surface area contributed by atoms with Gasteiger partial charge in [0.1, 0.15) is 11.2 Å². The maximum absolute atomic E-state index is 13.2. The smallest absolute Gasteiger partial charge is 0.238 e. The largest absolute Gasteiger partial charge is 0.326 e. The molecule has 1 saturated heterocycles. The molecule has 27 heavy (non-hydrogen) atoms. The van der Waals surface area contributed by atoms with Crippen LogP contribution in [-0.2, 0) is 9.59 Å². The molecule has 1 aliphatic carbocycles. The first-order valence-corrected chi connectivity index (χ1v) is 10.3. The third kappa shape index (κ3) is 3.86. The van der Waals surface area contributed by atoms with Crippen LogP contribution in [0.3, 0.4) is 0 Å². The lowest BCUT2D eigenvalue weighted by Gasteiger charge is -2.24. The molecule has 1 saturated carbocycles. The summed E-state index contributed by atoms with van der Waals surface area (Å²) >= 11 is 1.55. The lowest BCUT2D eigenvalue weighted by Crippen LogP contribution is -2.27. The number of anilines is 2. The number of hydrogen-bond acceptors (Lipinski definition) is 3. The fourth-order valence-electron chi connectivity index (χ4n) is 3.71. The highest BCUT2D eigenvalue weighted by Gasteiger charge is 2.34. The van der Waals surface area contributed by atoms with Gasteiger partial charge in [0.2, 0.25) is 11.8 Å². The SMILES string of the molecule is O=C(Nc1ccc(C2SCC(=O)N2c2ccc(F)cc2)cc1)C1CCCC1. The van der Waals surface area contributed by atoms with Crippen LogP contribution in [0.1, 0.15) is 36.6 Å². The van der Waals surface area contributed by atoms with Gasteiger partial charge in [-0.15, -0.1) is 11.8 Å². The number of halogens is 1. The van der Waals surface area contributed by atoms with E-state index in [-0.39, 0.29) is 28.9 Å². The number of carbonyl (C=O) groups is 2. The molecule has 1 atom stereocenters. The molecule has 2 amide bonds. The van der Waals surface area contributed by atoms with Gasteiger partial charge in [-0.1, -0.05) is 25.0 Å². The second kappa shape index (κ2) is 7.72. The molecule has 0 radical (unpaired) electrons. The maximum Gasteiger partial charge on any atom is 0.238 e. The molecule has 1 aliphatic heterocycles. The second-order valence-corrected chi connectivity index (χ2v) is 8.06. The molecular weight excluding hydrogens is 363 g/mol. The summed E-state index contributed by atoms with van der Waals surface area (Å²) in [7, 11) is 0. The van der Waals surface area contributed by atoms with E-state index in [2.05, 4.69) is 5.32 Å². The third-order valence-corrected chi connectivity index (χ3v) is 6.37. The van der Waals surface area contributed by atoms with Crippen molar-refractivity contribution >= 4 is 35.0 Å². The Morgan fingerprint density at radius 1 is 1.04 bits per heavy atom. The molecule has 4 rings (SSSR count). The minimum atomic E-state index is -0.322. The molecule has 4 nitrogen and oxygen atoms in total. The van der Waals surface area contributed by atoms with Gasteiger partial charge in [0, 0.05) is 17.3 Å². The second-order valence-electron chi connectivity index (χ2n) is 7.00. The minimum absolute atomic E-state index is 0.00946. The Labute approximate surface area is 162 Å². The number of carbonyl (C=O) groups excluding carboxylic acids is 2. The zero-order chi connectivity index (χ0) is 18.8. The van der Waals surface area contributed by atoms with Crippen molar-refractivity contribution < 1.29 is 14.0 Å². The van der Waals surface area contributed by atoms with Crippen molar-refractivity contribution in [1.82, 2.24) is 0 Å². The van der Waals surface area contributed by atoms with Crippen molar-refractivity contribution in [3.05, 3.63) is 59.9 Å². The third-order valence-electron chi connectivity index (χ3n) is 5.16. The van der Waals surface area contributed by atoms with Gasteiger partial charge in [0.05, 0.1) is 5.75 Å². The van der Waals surface area contributed by atoms with Crippen molar-refractivity contribution in [1.29, 1.82) is 0 Å². The normalized spacial score (nSPS) is 20.3. The lowest BCUT2D eigenvalue weighted by molar-refractivity contribution is -0.119. The van der Waals surface area contributed by atoms with Gasteiger partial charge >= 0.3 is 0 Å². The van der Waals surface area contributed by atoms with Gasteiger partial charge in [-0.3, -0.25) is 14.5 Å². The van der Waals surface area contributed by atoms with Gasteiger partial charge in [0.25, 0.3) is 0 Å². The first kappa shape index (κ1) is 18.0. The molecule has 2 aliphatic rings. The van der Waals surface area contributed by atoms with Crippen molar-refractivity contribution in [2.75, 3.05) is 16.0 Å². The van der Waals surface area contributed by atoms with Crippen molar-refractivity contribution in [3.8, 4) is 0 Å². The van der Waals surface area contributed by atoms with E-state index in [0.29, 0.717) is 11.4 Å². The number of nitrogens with one attached hydrogen (secondary N) is 1. The Hall–Kier alpha value is -2.34. The topological polar surface area (TPSA) is 49.4 Å². The Balaban J connectivity index is 1.49. The number of amides is 2. The van der Waals surface area contributed by atoms with Gasteiger partial charge < -0.3 is 5.32 Å². The van der Waals surface area contributed by atoms with Crippen LogP contribution in [0, 0.1) is 11.7 Å². The summed E-state index contributed by atoms with van der Waals surface area (Å²) in [5, 5.41) is 2.84. The average molecular weight is 384 g/mol. The van der Waals surface area contributed by atoms with E-state index in [1.54, 1.807) is 28.8 Å². The van der Waals surface area contributed by atoms with Crippen molar-refractivity contribution in [2.45, 2.75) is 31.1 Å². The fourth-order valence-corrected chi connectivity index (χ4v) is 4.89. The minimum Gasteiger partial charge on any atom is -0.326 e. The highest BCUT2D eigenvalue weighted by atomic mass is 32.2. The molecule has 0 aromatic heterocycles. The molecule has 140 valence electrons. The highest BCUT2D eigenvalue weighted by molar-refractivity contribution is 8.00. The highest BCUT2D eigenvalue weighted by Crippen LogP contribution is 2.42. The number of nitrogens with zero attached hydrogens (tertiary/aromatic N) is 1. The van der Waals surface area contributed by atoms with Gasteiger partial charge in [0.15, 0.2) is 0 Å². The number of benzene rings is 2. The van der Waals surface area contributed by atoms with Crippen LogP contribution in [0.15, 0.2) is 48.5 Å². The first-order chi connectivity index (χ1) is 13.1. The predicted octanol–water partition coefficient (Wildman–Crippen LogP) is 4.73. The maximum atomic E-state index is 13.2. The first-order valence-electron chi connectivity index (χ1n) is 9.22. The van der Waals surface area contributed by atoms with E-state index in [4.69, 9.17) is 0 Å². The zero-order valence-electron chi connectivity index (χ0n) is 14.9. The van der Waals surface area contributed by atoms with Gasteiger partial charge in [-0.25, -0.2) is 4.39 Å². The molecule has 6 heteroatoms. The Morgan fingerprint density at radius 2 is 1.70 bits per heavy atom. The zero-order valence-corrected chi connectivity index (χ0v) is 15.7. The van der Waals surface area contributed by atoms with E-state index in [1.807, 2.05) is 24.3 Å². The van der Waals surface area contributed by atoms with Crippen LogP contribution in [0.2, 0.25) is 0 Å². The van der Waals surface area contributed by atoms with E-state index >= 15 is 0 Å². The van der Waals surface area contributed by atoms with E-state index in [0.717, 1.165) is 36.9 Å². The summed E-state index contributed by atoms with van der Waals surface area (Å²) in [5.74, 6) is 0.301. The van der Waals surface area contributed by atoms with Crippen LogP contribution in [0.5, 0.6) is 0 Å². The molecule has 2 fully saturated rings. The van der Waals surface area contributed by atoms with Crippen LogP contribution in [-0.4, -0.2) is 17.6 Å².